The first-order valence-electron chi connectivity index (χ1n) is 4.28. The molecule has 0 saturated carbocycles. The second kappa shape index (κ2) is 3.54. The molecule has 0 unspecified atom stereocenters. The van der Waals surface area contributed by atoms with E-state index in [1.165, 1.54) is 0 Å². The van der Waals surface area contributed by atoms with Crippen molar-refractivity contribution in [1.82, 2.24) is 0 Å². The van der Waals surface area contributed by atoms with Crippen LogP contribution in [0.3, 0.4) is 0 Å². The zero-order chi connectivity index (χ0) is 9.19. The smallest absolute Gasteiger partial charge is 0.0577 e. The van der Waals surface area contributed by atoms with Gasteiger partial charge in [-0.3, -0.25) is 0 Å². The maximum Gasteiger partial charge on any atom is 0.0577 e. The third-order valence-electron chi connectivity index (χ3n) is 1.86. The molecule has 1 heteroatoms. The van der Waals surface area contributed by atoms with Crippen molar-refractivity contribution in [3.63, 3.8) is 0 Å². The second-order valence-corrected chi connectivity index (χ2v) is 2.73. The van der Waals surface area contributed by atoms with Crippen LogP contribution in [0.25, 0.3) is 0 Å². The highest BCUT2D eigenvalue weighted by atomic mass is 16.3. The molecule has 11 heavy (non-hydrogen) atoms. The van der Waals surface area contributed by atoms with Gasteiger partial charge in [-0.1, -0.05) is 37.3 Å². The Hall–Kier alpha value is -0.820. The van der Waals surface area contributed by atoms with Crippen molar-refractivity contribution in [2.75, 3.05) is 0 Å². The molecular weight excluding hydrogens is 136 g/mol. The van der Waals surface area contributed by atoms with Crippen LogP contribution in [0.2, 0.25) is 0 Å². The molecule has 1 rings (SSSR count). The molecule has 0 heterocycles. The molecule has 2 atom stereocenters. The lowest BCUT2D eigenvalue weighted by atomic mass is 9.97. The molecule has 0 aliphatic carbocycles. The van der Waals surface area contributed by atoms with E-state index in [9.17, 15) is 5.11 Å². The summed E-state index contributed by atoms with van der Waals surface area (Å²) in [4.78, 5) is 0. The SMILES string of the molecule is [2H][C@@](C)(c1ccccc1)[C@H](C)O. The minimum atomic E-state index is -0.902. The molecule has 0 bridgehead atoms. The summed E-state index contributed by atoms with van der Waals surface area (Å²) in [7, 11) is 0. The molecule has 0 aliphatic heterocycles. The van der Waals surface area contributed by atoms with E-state index < -0.39 is 12.0 Å². The Bertz CT molecular complexity index is 241. The standard InChI is InChI=1S/C10H14O/c1-8(9(2)11)10-6-4-3-5-7-10/h3-9,11H,1-2H3/t8-,9-/m0/s1/i8D. The van der Waals surface area contributed by atoms with Gasteiger partial charge < -0.3 is 5.11 Å². The van der Waals surface area contributed by atoms with Crippen LogP contribution in [0, 0.1) is 0 Å². The fraction of sp³-hybridized carbons (Fsp3) is 0.400. The van der Waals surface area contributed by atoms with Crippen molar-refractivity contribution < 1.29 is 6.48 Å². The molecule has 0 aromatic heterocycles. The fourth-order valence-corrected chi connectivity index (χ4v) is 0.942. The van der Waals surface area contributed by atoms with Gasteiger partial charge in [0, 0.05) is 7.26 Å². The molecule has 0 saturated heterocycles. The number of aliphatic hydroxyl groups is 1. The average Bonchev–Trinajstić information content (AvgIpc) is 2.06. The Morgan fingerprint density at radius 1 is 1.27 bits per heavy atom. The topological polar surface area (TPSA) is 20.2 Å². The molecule has 0 spiro atoms. The Morgan fingerprint density at radius 2 is 1.82 bits per heavy atom. The molecular formula is C10H14O. The van der Waals surface area contributed by atoms with E-state index in [4.69, 9.17) is 1.37 Å². The number of hydrogen-bond donors (Lipinski definition) is 1. The van der Waals surface area contributed by atoms with Crippen molar-refractivity contribution in [3.8, 4) is 0 Å². The van der Waals surface area contributed by atoms with Gasteiger partial charge in [-0.15, -0.1) is 0 Å². The van der Waals surface area contributed by atoms with Crippen molar-refractivity contribution >= 4 is 0 Å². The first-order chi connectivity index (χ1) is 5.55. The van der Waals surface area contributed by atoms with Crippen LogP contribution in [0.4, 0.5) is 0 Å². The quantitative estimate of drug-likeness (QED) is 0.686. The van der Waals surface area contributed by atoms with E-state index in [0.29, 0.717) is 0 Å². The number of rotatable bonds is 2. The Balaban J connectivity index is 2.98. The van der Waals surface area contributed by atoms with Crippen LogP contribution in [-0.2, 0) is 0 Å². The Labute approximate surface area is 69.1 Å². The van der Waals surface area contributed by atoms with Crippen LogP contribution in [-0.4, -0.2) is 11.2 Å². The zero-order valence-electron chi connectivity index (χ0n) is 7.91. The molecule has 1 nitrogen and oxygen atoms in total. The van der Waals surface area contributed by atoms with Gasteiger partial charge in [0.25, 0.3) is 0 Å². The van der Waals surface area contributed by atoms with Crippen LogP contribution >= 0.6 is 0 Å². The summed E-state index contributed by atoms with van der Waals surface area (Å²) in [6.45, 7) is 3.35. The van der Waals surface area contributed by atoms with Crippen LogP contribution < -0.4 is 0 Å². The predicted octanol–water partition coefficient (Wildman–Crippen LogP) is 2.17. The van der Waals surface area contributed by atoms with E-state index in [1.807, 2.05) is 30.3 Å². The molecule has 1 N–H and O–H groups in total. The average molecular weight is 151 g/mol. The summed E-state index contributed by atoms with van der Waals surface area (Å²) in [6, 6.07) is 9.38. The highest BCUT2D eigenvalue weighted by Crippen LogP contribution is 2.17. The normalized spacial score (nSPS) is 20.1. The summed E-state index contributed by atoms with van der Waals surface area (Å²) in [5.41, 5.74) is 0.847. The van der Waals surface area contributed by atoms with Crippen molar-refractivity contribution in [1.29, 1.82) is 0 Å². The summed E-state index contributed by atoms with van der Waals surface area (Å²) < 4.78 is 7.87. The fourth-order valence-electron chi connectivity index (χ4n) is 0.942. The summed E-state index contributed by atoms with van der Waals surface area (Å²) in [6.07, 6.45) is -0.653. The van der Waals surface area contributed by atoms with E-state index in [2.05, 4.69) is 0 Å². The highest BCUT2D eigenvalue weighted by Gasteiger charge is 2.09. The van der Waals surface area contributed by atoms with Crippen LogP contribution in [0.1, 0.15) is 26.7 Å². The molecule has 0 aliphatic rings. The van der Waals surface area contributed by atoms with Gasteiger partial charge in [0.2, 0.25) is 0 Å². The Morgan fingerprint density at radius 3 is 2.27 bits per heavy atom. The van der Waals surface area contributed by atoms with E-state index in [-0.39, 0.29) is 0 Å². The lowest BCUT2D eigenvalue weighted by molar-refractivity contribution is 0.169. The second-order valence-electron chi connectivity index (χ2n) is 2.73. The Kier molecular flexibility index (Phi) is 2.21. The largest absolute Gasteiger partial charge is 0.393 e. The molecule has 0 fully saturated rings. The highest BCUT2D eigenvalue weighted by molar-refractivity contribution is 5.19. The van der Waals surface area contributed by atoms with Gasteiger partial charge in [0.05, 0.1) is 6.10 Å². The van der Waals surface area contributed by atoms with E-state index in [1.54, 1.807) is 13.8 Å². The molecule has 60 valence electrons. The third-order valence-corrected chi connectivity index (χ3v) is 1.86. The first kappa shape index (κ1) is 6.86. The molecule has 0 radical (unpaired) electrons. The summed E-state index contributed by atoms with van der Waals surface area (Å²) >= 11 is 0. The minimum absolute atomic E-state index is 0.653. The first-order valence-corrected chi connectivity index (χ1v) is 3.78. The van der Waals surface area contributed by atoms with Gasteiger partial charge in [0.15, 0.2) is 0 Å². The van der Waals surface area contributed by atoms with Crippen LogP contribution in [0.15, 0.2) is 30.3 Å². The van der Waals surface area contributed by atoms with E-state index in [0.717, 1.165) is 5.56 Å². The van der Waals surface area contributed by atoms with Crippen molar-refractivity contribution in [3.05, 3.63) is 35.9 Å². The van der Waals surface area contributed by atoms with Crippen LogP contribution in [0.5, 0.6) is 0 Å². The van der Waals surface area contributed by atoms with Crippen molar-refractivity contribution in [2.24, 2.45) is 0 Å². The molecule has 0 amide bonds. The lowest BCUT2D eigenvalue weighted by Crippen LogP contribution is -2.10. The van der Waals surface area contributed by atoms with Gasteiger partial charge >= 0.3 is 0 Å². The maximum absolute atomic E-state index is 9.35. The predicted molar refractivity (Wildman–Crippen MR) is 46.5 cm³/mol. The number of aliphatic hydroxyl groups excluding tert-OH is 1. The summed E-state index contributed by atoms with van der Waals surface area (Å²) in [5, 5.41) is 9.35. The number of benzene rings is 1. The molecule has 1 aromatic carbocycles. The number of hydrogen-bond acceptors (Lipinski definition) is 1. The minimum Gasteiger partial charge on any atom is -0.393 e. The monoisotopic (exact) mass is 151 g/mol. The van der Waals surface area contributed by atoms with Gasteiger partial charge in [0.1, 0.15) is 0 Å². The van der Waals surface area contributed by atoms with Gasteiger partial charge in [-0.2, -0.15) is 0 Å². The van der Waals surface area contributed by atoms with Gasteiger partial charge in [-0.25, -0.2) is 0 Å². The maximum atomic E-state index is 9.35. The van der Waals surface area contributed by atoms with Crippen molar-refractivity contribution in [2.45, 2.75) is 25.8 Å². The third kappa shape index (κ3) is 2.05. The molecule has 1 aromatic rings. The van der Waals surface area contributed by atoms with E-state index >= 15 is 0 Å². The van der Waals surface area contributed by atoms with Gasteiger partial charge in [-0.05, 0) is 12.5 Å². The lowest BCUT2D eigenvalue weighted by Gasteiger charge is -2.14. The summed E-state index contributed by atoms with van der Waals surface area (Å²) in [5.74, 6) is -0.902. The zero-order valence-corrected chi connectivity index (χ0v) is 6.91.